The molecule has 26 aromatic rings. The Morgan fingerprint density at radius 3 is 0.737 bits per heavy atom. The van der Waals surface area contributed by atoms with Crippen molar-refractivity contribution in [2.45, 2.75) is 0 Å². The van der Waals surface area contributed by atoms with Gasteiger partial charge in [-0.2, -0.15) is 21.0 Å². The summed E-state index contributed by atoms with van der Waals surface area (Å²) in [4.78, 5) is 50.6. The monoisotopic (exact) mass is 1480 g/mol. The minimum atomic E-state index is -0.0410. The molecule has 0 atom stereocenters. The third-order valence-electron chi connectivity index (χ3n) is 22.3. The van der Waals surface area contributed by atoms with Crippen LogP contribution in [0.2, 0.25) is 0 Å². The molecule has 19 aromatic carbocycles. The van der Waals surface area contributed by atoms with Crippen LogP contribution in [0.3, 0.4) is 0 Å². The molecule has 0 bridgehead atoms. The van der Waals surface area contributed by atoms with Crippen LogP contribution in [0.25, 0.3) is 239 Å². The molecular weight excluding hydrogens is 1440 g/mol. The van der Waals surface area contributed by atoms with Gasteiger partial charge in [0.15, 0.2) is 22.7 Å². The summed E-state index contributed by atoms with van der Waals surface area (Å²) in [5, 5.41) is 69.6. The van der Waals surface area contributed by atoms with Gasteiger partial charge in [0.2, 0.25) is 0 Å². The highest BCUT2D eigenvalue weighted by Gasteiger charge is 2.25. The van der Waals surface area contributed by atoms with Gasteiger partial charge in [-0.05, 0) is 109 Å². The third kappa shape index (κ3) is 9.54. The van der Waals surface area contributed by atoms with Crippen molar-refractivity contribution in [1.29, 1.82) is 21.0 Å². The molecule has 14 nitrogen and oxygen atoms in total. The van der Waals surface area contributed by atoms with Crippen LogP contribution in [-0.2, 0) is 0 Å². The first-order chi connectivity index (χ1) is 56.3. The van der Waals surface area contributed by atoms with Crippen molar-refractivity contribution in [3.05, 3.63) is 300 Å². The number of benzene rings is 19. The molecular formula is C98H46N14S2. The number of rotatable bonds is 2. The molecule has 0 radical (unpaired) electrons. The molecule has 26 rings (SSSR count). The zero-order valence-electron chi connectivity index (χ0n) is 59.6. The molecule has 0 saturated heterocycles. The topological polar surface area (TPSA) is 224 Å². The fourth-order valence-electron chi connectivity index (χ4n) is 17.4. The standard InChI is InChI=1S/C32H18N2S.C24H10N4.C22H8N6.C20H10N2S/c1-3-9-21(10-4-1)31-29-30(32(35-31)22-11-5-2-6-12-22)34-28-24-16-8-14-20-18-17-19-13-7-15-23(27(28)33-29)25(19)26(20)24;25-11-15-9-19-20(10-16(15)12-26)28-24-18-6-2-4-14-8-7-13-3-1-5-17(23(24)27-19)21(13)22(14)18;23-9-15-16(10-24)26-22-21(25-15)27-19-13-5-1-3-11-7-8-12-4-2-6-14(20(19)28-22)18(12)17(11)13;1-3-11-7-8-12-4-2-6-14-18(12)17(11)13(5-1)19-20(14)22-16-10-23-9-15(16)21-19/h1-18H;1-10H;1-8H;1-10H. The highest BCUT2D eigenvalue weighted by Crippen LogP contribution is 2.48. The van der Waals surface area contributed by atoms with Gasteiger partial charge in [-0.1, -0.05) is 255 Å². The fraction of sp³-hybridized carbons (Fsp3) is 0. The maximum Gasteiger partial charge on any atom is 0.199 e. The van der Waals surface area contributed by atoms with Crippen LogP contribution in [0, 0.1) is 45.3 Å². The van der Waals surface area contributed by atoms with E-state index in [1.54, 1.807) is 34.8 Å². The van der Waals surface area contributed by atoms with Gasteiger partial charge in [-0.3, -0.25) is 0 Å². The molecule has 0 spiro atoms. The van der Waals surface area contributed by atoms with Crippen LogP contribution < -0.4 is 0 Å². The summed E-state index contributed by atoms with van der Waals surface area (Å²) >= 11 is 3.44. The summed E-state index contributed by atoms with van der Waals surface area (Å²) in [6.07, 6.45) is 0. The predicted octanol–water partition coefficient (Wildman–Crippen LogP) is 24.5. The second kappa shape index (κ2) is 24.9. The van der Waals surface area contributed by atoms with Crippen molar-refractivity contribution in [3.8, 4) is 45.2 Å². The van der Waals surface area contributed by atoms with E-state index < -0.39 is 0 Å². The Morgan fingerprint density at radius 2 is 0.474 bits per heavy atom. The molecule has 0 N–H and O–H groups in total. The minimum absolute atomic E-state index is 0.0410. The Balaban J connectivity index is 0.0000000911. The van der Waals surface area contributed by atoms with E-state index in [1.165, 1.54) is 107 Å². The minimum Gasteiger partial charge on any atom is -0.244 e. The summed E-state index contributed by atoms with van der Waals surface area (Å²) in [7, 11) is 0. The van der Waals surface area contributed by atoms with Crippen LogP contribution in [0.4, 0.5) is 0 Å². The van der Waals surface area contributed by atoms with E-state index in [1.807, 2.05) is 48.5 Å². The van der Waals surface area contributed by atoms with Crippen molar-refractivity contribution in [2.24, 2.45) is 0 Å². The van der Waals surface area contributed by atoms with Gasteiger partial charge in [0.25, 0.3) is 0 Å². The lowest BCUT2D eigenvalue weighted by Crippen LogP contribution is -2.01. The van der Waals surface area contributed by atoms with Crippen molar-refractivity contribution < 1.29 is 0 Å². The van der Waals surface area contributed by atoms with Crippen molar-refractivity contribution in [3.63, 3.8) is 0 Å². The molecule has 0 saturated carbocycles. The molecule has 0 aliphatic heterocycles. The number of hydrogen-bond donors (Lipinski definition) is 0. The van der Waals surface area contributed by atoms with Crippen LogP contribution in [0.1, 0.15) is 22.5 Å². The first kappa shape index (κ1) is 64.2. The average Bonchev–Trinajstić information content (AvgIpc) is 0.920. The van der Waals surface area contributed by atoms with Crippen molar-refractivity contribution in [2.75, 3.05) is 0 Å². The Hall–Kier alpha value is -15.8. The molecule has 0 amide bonds. The van der Waals surface area contributed by atoms with Gasteiger partial charge in [0.05, 0.1) is 76.0 Å². The number of hydrogen-bond acceptors (Lipinski definition) is 16. The Morgan fingerprint density at radius 1 is 0.219 bits per heavy atom. The number of nitriles is 4. The zero-order valence-corrected chi connectivity index (χ0v) is 61.3. The normalized spacial score (nSPS) is 11.8. The Bertz CT molecular complexity index is 8070. The van der Waals surface area contributed by atoms with E-state index >= 15 is 0 Å². The highest BCUT2D eigenvalue weighted by atomic mass is 32.1. The fourth-order valence-corrected chi connectivity index (χ4v) is 19.2. The smallest absolute Gasteiger partial charge is 0.199 e. The van der Waals surface area contributed by atoms with Gasteiger partial charge in [-0.15, -0.1) is 22.7 Å². The number of aromatic nitrogens is 10. The lowest BCUT2D eigenvalue weighted by Gasteiger charge is -2.14. The van der Waals surface area contributed by atoms with Gasteiger partial charge in [0, 0.05) is 53.8 Å². The summed E-state index contributed by atoms with van der Waals surface area (Å²) in [5.41, 5.74) is 15.6. The quantitative estimate of drug-likeness (QED) is 0.116. The van der Waals surface area contributed by atoms with E-state index in [2.05, 4.69) is 251 Å². The average molecular weight is 1480 g/mol. The van der Waals surface area contributed by atoms with E-state index in [0.29, 0.717) is 33.2 Å². The van der Waals surface area contributed by atoms with Gasteiger partial charge < -0.3 is 0 Å². The van der Waals surface area contributed by atoms with Crippen LogP contribution >= 0.6 is 22.7 Å². The molecule has 0 aliphatic carbocycles. The van der Waals surface area contributed by atoms with Crippen LogP contribution in [0.15, 0.2) is 278 Å². The maximum absolute atomic E-state index is 9.35. The summed E-state index contributed by atoms with van der Waals surface area (Å²) in [6.45, 7) is 0. The van der Waals surface area contributed by atoms with Crippen LogP contribution in [0.5, 0.6) is 0 Å². The Kier molecular flexibility index (Phi) is 14.0. The number of thiophene rings is 2. The lowest BCUT2D eigenvalue weighted by molar-refractivity contribution is 1.14. The summed E-state index contributed by atoms with van der Waals surface area (Å²) < 4.78 is 0. The van der Waals surface area contributed by atoms with E-state index in [4.69, 9.17) is 39.9 Å². The molecule has 520 valence electrons. The SMILES string of the molecule is N#Cc1cc2nc3c4cccc5ccc6cccc(c3nc2cc1C#N)c6c54.N#Cc1nc2nc3c4cccc5ccc6cccc(c3nc2nc1C#N)c6c54.c1cc2ccc3cccc4c5nc6cscc6nc5c(c1)c2c34.c1ccc(-c2sc(-c3ccccc3)c3nc4c5cccc6ccc7cccc(c4nc23)c7c65)cc1. The molecule has 114 heavy (non-hydrogen) atoms. The molecule has 7 aromatic heterocycles. The first-order valence-electron chi connectivity index (χ1n) is 36.9. The second-order valence-corrected chi connectivity index (χ2v) is 30.2. The molecule has 0 aliphatic rings. The number of fused-ring (bicyclic) bond motifs is 16. The van der Waals surface area contributed by atoms with Gasteiger partial charge in [0.1, 0.15) is 46.3 Å². The molecule has 0 fully saturated rings. The van der Waals surface area contributed by atoms with Gasteiger partial charge >= 0.3 is 0 Å². The zero-order chi connectivity index (χ0) is 75.6. The van der Waals surface area contributed by atoms with Crippen LogP contribution in [-0.4, -0.2) is 49.8 Å². The largest absolute Gasteiger partial charge is 0.244 e. The highest BCUT2D eigenvalue weighted by molar-refractivity contribution is 7.21. The third-order valence-corrected chi connectivity index (χ3v) is 24.3. The van der Waals surface area contributed by atoms with Crippen molar-refractivity contribution in [1.82, 2.24) is 49.8 Å². The Labute approximate surface area is 652 Å². The van der Waals surface area contributed by atoms with E-state index in [0.717, 1.165) is 98.3 Å². The van der Waals surface area contributed by atoms with E-state index in [-0.39, 0.29) is 22.7 Å². The first-order valence-corrected chi connectivity index (χ1v) is 38.7. The molecule has 16 heteroatoms. The lowest BCUT2D eigenvalue weighted by atomic mass is 9.92. The van der Waals surface area contributed by atoms with Crippen molar-refractivity contribution >= 4 is 240 Å². The van der Waals surface area contributed by atoms with E-state index in [9.17, 15) is 21.0 Å². The summed E-state index contributed by atoms with van der Waals surface area (Å²) in [5.74, 6) is 0. The number of nitrogens with zero attached hydrogens (tertiary/aromatic N) is 14. The molecule has 7 heterocycles. The second-order valence-electron chi connectivity index (χ2n) is 28.4. The maximum atomic E-state index is 9.35. The predicted molar refractivity (Wildman–Crippen MR) is 464 cm³/mol. The molecule has 0 unspecified atom stereocenters. The summed E-state index contributed by atoms with van der Waals surface area (Å²) in [6, 6.07) is 100. The van der Waals surface area contributed by atoms with Gasteiger partial charge in [-0.25, -0.2) is 49.8 Å².